The van der Waals surface area contributed by atoms with E-state index in [-0.39, 0.29) is 18.4 Å². The number of amides is 2. The molecule has 0 aliphatic heterocycles. The van der Waals surface area contributed by atoms with E-state index >= 15 is 0 Å². The van der Waals surface area contributed by atoms with Crippen molar-refractivity contribution in [2.45, 2.75) is 19.8 Å². The minimum absolute atomic E-state index is 0.000849. The largest absolute Gasteiger partial charge is 0.355 e. The van der Waals surface area contributed by atoms with Crippen molar-refractivity contribution in [1.82, 2.24) is 25.1 Å². The van der Waals surface area contributed by atoms with Crippen molar-refractivity contribution in [3.63, 3.8) is 0 Å². The summed E-state index contributed by atoms with van der Waals surface area (Å²) in [6, 6.07) is 7.96. The number of nitrogens with one attached hydrogen (secondary N) is 3. The van der Waals surface area contributed by atoms with Crippen LogP contribution in [-0.4, -0.2) is 72.4 Å². The second-order valence-electron chi connectivity index (χ2n) is 8.92. The fourth-order valence-corrected chi connectivity index (χ4v) is 3.00. The van der Waals surface area contributed by atoms with Gasteiger partial charge in [-0.2, -0.15) is 4.98 Å². The molecule has 0 aliphatic rings. The van der Waals surface area contributed by atoms with E-state index in [9.17, 15) is 9.59 Å². The van der Waals surface area contributed by atoms with E-state index in [0.29, 0.717) is 49.0 Å². The van der Waals surface area contributed by atoms with E-state index in [0.717, 1.165) is 11.3 Å². The van der Waals surface area contributed by atoms with Crippen LogP contribution >= 0.6 is 0 Å². The van der Waals surface area contributed by atoms with Crippen LogP contribution in [0.25, 0.3) is 0 Å². The number of likely N-dealkylation sites (N-methyl/N-ethyl adjacent to an activating group) is 2. The molecular weight excluding hydrogens is 502 g/mol. The van der Waals surface area contributed by atoms with Crippen LogP contribution in [0.15, 0.2) is 67.5 Å². The Labute approximate surface area is 238 Å². The lowest BCUT2D eigenvalue weighted by Crippen LogP contribution is -2.38. The monoisotopic (exact) mass is 541 g/mol. The lowest BCUT2D eigenvalue weighted by molar-refractivity contribution is -0.131. The van der Waals surface area contributed by atoms with E-state index in [1.165, 1.54) is 11.0 Å². The standard InChI is InChI=1S/C29H37N7O2.C2H2/c1-7-23(3)32-29-31-20-24(28(34-29)33-25-16-14-22(2)15-17-25)12-9-8-10-18-30-26(37)21-36(6)27(38)13-11-19-35(4)5;1-2/h7,11,13-17,20H,1,3,8,10,18-19,21H2,2,4-6H3,(H,30,37)(H2,31,32,33,34);1-2H/b13-11+;. The molecule has 0 radical (unpaired) electrons. The number of nitrogens with zero attached hydrogens (tertiary/aromatic N) is 4. The van der Waals surface area contributed by atoms with Crippen LogP contribution in [0.4, 0.5) is 17.5 Å². The second kappa shape index (κ2) is 18.4. The van der Waals surface area contributed by atoms with Crippen molar-refractivity contribution in [1.29, 1.82) is 0 Å². The molecule has 0 atom stereocenters. The van der Waals surface area contributed by atoms with Crippen LogP contribution in [0.3, 0.4) is 0 Å². The maximum absolute atomic E-state index is 12.1. The first-order valence-electron chi connectivity index (χ1n) is 12.6. The van der Waals surface area contributed by atoms with Crippen LogP contribution in [-0.2, 0) is 9.59 Å². The molecule has 2 rings (SSSR count). The zero-order valence-corrected chi connectivity index (χ0v) is 23.8. The highest BCUT2D eigenvalue weighted by atomic mass is 16.2. The van der Waals surface area contributed by atoms with Crippen molar-refractivity contribution < 1.29 is 9.59 Å². The SMILES string of the molecule is C#C.C=CC(=C)Nc1ncc(C#CCCCNC(=O)CN(C)C(=O)/C=C/CN(C)C)c(Nc2ccc(C)cc2)n1. The highest BCUT2D eigenvalue weighted by molar-refractivity contribution is 5.91. The Hall–Kier alpha value is -4.86. The quantitative estimate of drug-likeness (QED) is 0.154. The highest BCUT2D eigenvalue weighted by Crippen LogP contribution is 2.20. The van der Waals surface area contributed by atoms with Gasteiger partial charge in [-0.3, -0.25) is 9.59 Å². The van der Waals surface area contributed by atoms with E-state index < -0.39 is 0 Å². The average Bonchev–Trinajstić information content (AvgIpc) is 2.93. The van der Waals surface area contributed by atoms with Gasteiger partial charge in [0, 0.05) is 44.0 Å². The number of allylic oxidation sites excluding steroid dienone is 1. The summed E-state index contributed by atoms with van der Waals surface area (Å²) in [6.07, 6.45) is 15.7. The second-order valence-corrected chi connectivity index (χ2v) is 8.92. The summed E-state index contributed by atoms with van der Waals surface area (Å²) >= 11 is 0. The summed E-state index contributed by atoms with van der Waals surface area (Å²) in [5.41, 5.74) is 3.27. The Bertz CT molecular complexity index is 1250. The number of aromatic nitrogens is 2. The Balaban J connectivity index is 0.00000391. The third-order valence-electron chi connectivity index (χ3n) is 5.13. The first-order chi connectivity index (χ1) is 19.2. The third kappa shape index (κ3) is 13.1. The number of terminal acetylenes is 1. The molecular formula is C31H39N7O2. The summed E-state index contributed by atoms with van der Waals surface area (Å²) in [5.74, 6) is 6.77. The van der Waals surface area contributed by atoms with Crippen LogP contribution in [0.5, 0.6) is 0 Å². The Morgan fingerprint density at radius 2 is 1.85 bits per heavy atom. The topological polar surface area (TPSA) is 102 Å². The van der Waals surface area contributed by atoms with Gasteiger partial charge in [-0.05, 0) is 45.6 Å². The van der Waals surface area contributed by atoms with Gasteiger partial charge in [0.2, 0.25) is 17.8 Å². The van der Waals surface area contributed by atoms with Gasteiger partial charge in [0.1, 0.15) is 0 Å². The first kappa shape index (κ1) is 33.2. The summed E-state index contributed by atoms with van der Waals surface area (Å²) in [4.78, 5) is 36.4. The molecule has 0 fully saturated rings. The van der Waals surface area contributed by atoms with Crippen LogP contribution in [0, 0.1) is 31.6 Å². The zero-order valence-electron chi connectivity index (χ0n) is 23.8. The fourth-order valence-electron chi connectivity index (χ4n) is 3.00. The third-order valence-corrected chi connectivity index (χ3v) is 5.13. The molecule has 0 spiro atoms. The van der Waals surface area contributed by atoms with Gasteiger partial charge in [-0.1, -0.05) is 48.8 Å². The number of carbonyl (C=O) groups excluding carboxylic acids is 2. The molecule has 0 saturated carbocycles. The highest BCUT2D eigenvalue weighted by Gasteiger charge is 2.10. The minimum Gasteiger partial charge on any atom is -0.355 e. The van der Waals surface area contributed by atoms with Gasteiger partial charge in [-0.25, -0.2) is 4.98 Å². The van der Waals surface area contributed by atoms with Gasteiger partial charge < -0.3 is 25.8 Å². The summed E-state index contributed by atoms with van der Waals surface area (Å²) in [5, 5.41) is 9.11. The normalized spacial score (nSPS) is 9.97. The Morgan fingerprint density at radius 1 is 1.15 bits per heavy atom. The molecule has 1 aromatic heterocycles. The van der Waals surface area contributed by atoms with Gasteiger partial charge >= 0.3 is 0 Å². The molecule has 0 unspecified atom stereocenters. The van der Waals surface area contributed by atoms with Gasteiger partial charge in [0.05, 0.1) is 18.3 Å². The number of carbonyl (C=O) groups is 2. The average molecular weight is 542 g/mol. The van der Waals surface area contributed by atoms with E-state index in [4.69, 9.17) is 0 Å². The van der Waals surface area contributed by atoms with Gasteiger partial charge in [0.25, 0.3) is 0 Å². The fraction of sp³-hybridized carbons (Fsp3) is 0.290. The predicted molar refractivity (Wildman–Crippen MR) is 164 cm³/mol. The van der Waals surface area contributed by atoms with Crippen molar-refractivity contribution >= 4 is 29.3 Å². The molecule has 0 bridgehead atoms. The van der Waals surface area contributed by atoms with Gasteiger partial charge in [0.15, 0.2) is 5.82 Å². The number of aryl methyl sites for hydroxylation is 1. The van der Waals surface area contributed by atoms with Crippen LogP contribution < -0.4 is 16.0 Å². The molecule has 3 N–H and O–H groups in total. The molecule has 1 aromatic carbocycles. The predicted octanol–water partition coefficient (Wildman–Crippen LogP) is 3.71. The summed E-state index contributed by atoms with van der Waals surface area (Å²) in [7, 11) is 5.44. The molecule has 9 heteroatoms. The Morgan fingerprint density at radius 3 is 2.50 bits per heavy atom. The summed E-state index contributed by atoms with van der Waals surface area (Å²) < 4.78 is 0. The first-order valence-corrected chi connectivity index (χ1v) is 12.6. The number of anilines is 3. The van der Waals surface area contributed by atoms with E-state index in [1.807, 2.05) is 50.2 Å². The molecule has 1 heterocycles. The van der Waals surface area contributed by atoms with Gasteiger partial charge in [-0.15, -0.1) is 12.8 Å². The van der Waals surface area contributed by atoms with Crippen LogP contribution in [0.2, 0.25) is 0 Å². The van der Waals surface area contributed by atoms with E-state index in [2.05, 4.69) is 63.8 Å². The summed E-state index contributed by atoms with van der Waals surface area (Å²) in [6.45, 7) is 10.7. The molecule has 2 aromatic rings. The lowest BCUT2D eigenvalue weighted by Gasteiger charge is -2.14. The zero-order chi connectivity index (χ0) is 29.9. The smallest absolute Gasteiger partial charge is 0.246 e. The number of rotatable bonds is 13. The maximum Gasteiger partial charge on any atom is 0.246 e. The molecule has 40 heavy (non-hydrogen) atoms. The maximum atomic E-state index is 12.1. The van der Waals surface area contributed by atoms with Crippen LogP contribution in [0.1, 0.15) is 24.0 Å². The number of benzene rings is 1. The van der Waals surface area contributed by atoms with Crippen molar-refractivity contribution in [3.8, 4) is 24.7 Å². The van der Waals surface area contributed by atoms with Crippen molar-refractivity contribution in [2.75, 3.05) is 51.4 Å². The Kier molecular flexibility index (Phi) is 15.3. The molecule has 9 nitrogen and oxygen atoms in total. The molecule has 0 saturated heterocycles. The number of unbranched alkanes of at least 4 members (excludes halogenated alkanes) is 1. The van der Waals surface area contributed by atoms with Crippen molar-refractivity contribution in [2.24, 2.45) is 0 Å². The molecule has 2 amide bonds. The van der Waals surface area contributed by atoms with Crippen molar-refractivity contribution in [3.05, 3.63) is 78.7 Å². The number of hydrogen-bond acceptors (Lipinski definition) is 7. The minimum atomic E-state index is -0.211. The van der Waals surface area contributed by atoms with E-state index in [1.54, 1.807) is 25.4 Å². The lowest BCUT2D eigenvalue weighted by atomic mass is 10.2. The number of hydrogen-bond donors (Lipinski definition) is 3. The molecule has 210 valence electrons. The molecule has 0 aliphatic carbocycles.